The van der Waals surface area contributed by atoms with E-state index in [2.05, 4.69) is 15.0 Å². The van der Waals surface area contributed by atoms with Crippen LogP contribution in [0.5, 0.6) is 5.75 Å². The van der Waals surface area contributed by atoms with E-state index >= 15 is 0 Å². The van der Waals surface area contributed by atoms with E-state index in [1.165, 1.54) is 33.0 Å². The Kier molecular flexibility index (Phi) is 6.84. The fraction of sp³-hybridized carbons (Fsp3) is 0.300. The predicted molar refractivity (Wildman–Crippen MR) is 119 cm³/mol. The molecule has 12 heteroatoms. The van der Waals surface area contributed by atoms with Crippen molar-refractivity contribution in [1.82, 2.24) is 9.29 Å². The number of thiazole rings is 1. The van der Waals surface area contributed by atoms with Gasteiger partial charge in [-0.15, -0.1) is 22.7 Å². The van der Waals surface area contributed by atoms with Crippen LogP contribution >= 0.6 is 22.7 Å². The highest BCUT2D eigenvalue weighted by Crippen LogP contribution is 2.33. The van der Waals surface area contributed by atoms with Crippen LogP contribution in [0, 0.1) is 5.92 Å². The number of alkyl halides is 2. The van der Waals surface area contributed by atoms with Crippen molar-refractivity contribution in [2.24, 2.45) is 5.92 Å². The quantitative estimate of drug-likeness (QED) is 0.517. The van der Waals surface area contributed by atoms with E-state index in [4.69, 9.17) is 0 Å². The highest BCUT2D eigenvalue weighted by molar-refractivity contribution is 7.91. The van der Waals surface area contributed by atoms with Crippen molar-refractivity contribution in [3.63, 3.8) is 0 Å². The van der Waals surface area contributed by atoms with Crippen LogP contribution in [-0.2, 0) is 14.8 Å². The lowest BCUT2D eigenvalue weighted by Gasteiger charge is -2.29. The number of nitrogens with one attached hydrogen (secondary N) is 1. The zero-order valence-corrected chi connectivity index (χ0v) is 19.1. The van der Waals surface area contributed by atoms with Gasteiger partial charge in [0.05, 0.1) is 5.69 Å². The molecular formula is C20H19F2N3O4S3. The summed E-state index contributed by atoms with van der Waals surface area (Å²) in [5.41, 5.74) is 0.815. The third kappa shape index (κ3) is 4.98. The van der Waals surface area contributed by atoms with Crippen LogP contribution in [0.2, 0.25) is 0 Å². The first kappa shape index (κ1) is 22.8. The molecule has 0 spiro atoms. The molecule has 0 atom stereocenters. The van der Waals surface area contributed by atoms with Gasteiger partial charge in [-0.2, -0.15) is 13.1 Å². The number of benzene rings is 1. The SMILES string of the molecule is O=C(Nc1nc(-c2ccccc2OC(F)F)cs1)C1CCN(S(=O)(=O)c2cccs2)CC1. The average molecular weight is 500 g/mol. The van der Waals surface area contributed by atoms with E-state index in [-0.39, 0.29) is 30.7 Å². The fourth-order valence-corrected chi connectivity index (χ4v) is 6.76. The Morgan fingerprint density at radius 2 is 1.91 bits per heavy atom. The topological polar surface area (TPSA) is 88.6 Å². The normalized spacial score (nSPS) is 15.7. The number of aromatic nitrogens is 1. The van der Waals surface area contributed by atoms with Crippen molar-refractivity contribution >= 4 is 43.7 Å². The van der Waals surface area contributed by atoms with Crippen LogP contribution in [0.4, 0.5) is 13.9 Å². The molecule has 3 heterocycles. The maximum Gasteiger partial charge on any atom is 0.387 e. The number of carbonyl (C=O) groups is 1. The lowest BCUT2D eigenvalue weighted by molar-refractivity contribution is -0.120. The minimum Gasteiger partial charge on any atom is -0.434 e. The van der Waals surface area contributed by atoms with Crippen LogP contribution in [0.3, 0.4) is 0 Å². The number of piperidine rings is 1. The standard InChI is InChI=1S/C20H19F2N3O4S3/c21-19(22)29-16-5-2-1-4-14(16)15-12-31-20(23-15)24-18(26)13-7-9-25(10-8-13)32(27,28)17-6-3-11-30-17/h1-6,11-13,19H,7-10H2,(H,23,24,26). The van der Waals surface area contributed by atoms with E-state index < -0.39 is 16.6 Å². The van der Waals surface area contributed by atoms with Gasteiger partial charge in [0.1, 0.15) is 9.96 Å². The number of carbonyl (C=O) groups excluding carboxylic acids is 1. The van der Waals surface area contributed by atoms with Crippen molar-refractivity contribution in [3.8, 4) is 17.0 Å². The lowest BCUT2D eigenvalue weighted by Crippen LogP contribution is -2.41. The summed E-state index contributed by atoms with van der Waals surface area (Å²) >= 11 is 2.35. The summed E-state index contributed by atoms with van der Waals surface area (Å²) in [4.78, 5) is 17.0. The molecule has 32 heavy (non-hydrogen) atoms. The van der Waals surface area contributed by atoms with Crippen molar-refractivity contribution in [2.45, 2.75) is 23.7 Å². The molecule has 1 saturated heterocycles. The minimum absolute atomic E-state index is 0.00463. The van der Waals surface area contributed by atoms with Crippen molar-refractivity contribution in [1.29, 1.82) is 0 Å². The Hall–Kier alpha value is -2.41. The van der Waals surface area contributed by atoms with E-state index in [0.29, 0.717) is 33.4 Å². The highest BCUT2D eigenvalue weighted by Gasteiger charge is 2.32. The van der Waals surface area contributed by atoms with Gasteiger partial charge < -0.3 is 10.1 Å². The number of ether oxygens (including phenoxy) is 1. The number of rotatable bonds is 7. The molecule has 170 valence electrons. The number of para-hydroxylation sites is 1. The number of anilines is 1. The van der Waals surface area contributed by atoms with Crippen LogP contribution < -0.4 is 10.1 Å². The monoisotopic (exact) mass is 499 g/mol. The smallest absolute Gasteiger partial charge is 0.387 e. The Bertz CT molecular complexity index is 1170. The Morgan fingerprint density at radius 3 is 2.59 bits per heavy atom. The van der Waals surface area contributed by atoms with E-state index in [9.17, 15) is 22.0 Å². The molecule has 0 aliphatic carbocycles. The molecule has 4 rings (SSSR count). The minimum atomic E-state index is -3.52. The highest BCUT2D eigenvalue weighted by atomic mass is 32.2. The van der Waals surface area contributed by atoms with Gasteiger partial charge in [0.25, 0.3) is 10.0 Å². The van der Waals surface area contributed by atoms with E-state index in [0.717, 1.165) is 0 Å². The molecule has 7 nitrogen and oxygen atoms in total. The average Bonchev–Trinajstić information content (AvgIpc) is 3.47. The summed E-state index contributed by atoms with van der Waals surface area (Å²) in [6, 6.07) is 9.57. The second-order valence-corrected chi connectivity index (χ2v) is 11.0. The predicted octanol–water partition coefficient (Wildman–Crippen LogP) is 4.51. The second kappa shape index (κ2) is 9.61. The fourth-order valence-electron chi connectivity index (χ4n) is 3.44. The zero-order valence-electron chi connectivity index (χ0n) is 16.6. The van der Waals surface area contributed by atoms with E-state index in [1.54, 1.807) is 41.1 Å². The van der Waals surface area contributed by atoms with Gasteiger partial charge in [0.2, 0.25) is 5.91 Å². The molecule has 1 amide bonds. The summed E-state index contributed by atoms with van der Waals surface area (Å²) in [7, 11) is -3.52. The third-order valence-corrected chi connectivity index (χ3v) is 9.06. The molecule has 2 aromatic heterocycles. The van der Waals surface area contributed by atoms with Crippen LogP contribution in [-0.4, -0.2) is 43.3 Å². The van der Waals surface area contributed by atoms with Crippen LogP contribution in [0.15, 0.2) is 51.4 Å². The van der Waals surface area contributed by atoms with Gasteiger partial charge in [0, 0.05) is 30.0 Å². The van der Waals surface area contributed by atoms with Gasteiger partial charge in [-0.1, -0.05) is 18.2 Å². The first-order chi connectivity index (χ1) is 15.3. The number of nitrogens with zero attached hydrogens (tertiary/aromatic N) is 2. The molecule has 3 aromatic rings. The Morgan fingerprint density at radius 1 is 1.16 bits per heavy atom. The first-order valence-electron chi connectivity index (χ1n) is 9.69. The maximum absolute atomic E-state index is 12.7. The molecule has 1 aliphatic rings. The maximum atomic E-state index is 12.7. The largest absolute Gasteiger partial charge is 0.434 e. The van der Waals surface area contributed by atoms with Crippen LogP contribution in [0.25, 0.3) is 11.3 Å². The molecule has 0 saturated carbocycles. The molecule has 1 aromatic carbocycles. The third-order valence-electron chi connectivity index (χ3n) is 5.03. The number of halogens is 2. The number of amides is 1. The molecule has 1 N–H and O–H groups in total. The summed E-state index contributed by atoms with van der Waals surface area (Å²) in [6.07, 6.45) is 0.805. The van der Waals surface area contributed by atoms with Gasteiger partial charge in [-0.3, -0.25) is 4.79 Å². The van der Waals surface area contributed by atoms with Gasteiger partial charge >= 0.3 is 6.61 Å². The number of hydrogen-bond donors (Lipinski definition) is 1. The van der Waals surface area contributed by atoms with Crippen molar-refractivity contribution < 1.29 is 26.7 Å². The number of thiophene rings is 1. The van der Waals surface area contributed by atoms with Gasteiger partial charge in [-0.25, -0.2) is 13.4 Å². The Labute approximate surface area is 191 Å². The van der Waals surface area contributed by atoms with Crippen LogP contribution in [0.1, 0.15) is 12.8 Å². The van der Waals surface area contributed by atoms with E-state index in [1.807, 2.05) is 0 Å². The number of hydrogen-bond acceptors (Lipinski definition) is 7. The number of sulfonamides is 1. The summed E-state index contributed by atoms with van der Waals surface area (Å²) in [5, 5.41) is 6.46. The summed E-state index contributed by atoms with van der Waals surface area (Å²) in [6.45, 7) is -2.43. The Balaban J connectivity index is 1.38. The zero-order chi connectivity index (χ0) is 22.7. The molecule has 0 unspecified atom stereocenters. The van der Waals surface area contributed by atoms with Crippen molar-refractivity contribution in [3.05, 3.63) is 47.2 Å². The van der Waals surface area contributed by atoms with Gasteiger partial charge in [0.15, 0.2) is 5.13 Å². The molecular weight excluding hydrogens is 480 g/mol. The lowest BCUT2D eigenvalue weighted by atomic mass is 9.97. The summed E-state index contributed by atoms with van der Waals surface area (Å²) in [5.74, 6) is -0.576. The molecule has 0 radical (unpaired) electrons. The molecule has 1 aliphatic heterocycles. The van der Waals surface area contributed by atoms with Crippen molar-refractivity contribution in [2.75, 3.05) is 18.4 Å². The summed E-state index contributed by atoms with van der Waals surface area (Å²) < 4.78 is 56.8. The molecule has 0 bridgehead atoms. The van der Waals surface area contributed by atoms with Gasteiger partial charge in [-0.05, 0) is 36.4 Å². The molecule has 1 fully saturated rings. The first-order valence-corrected chi connectivity index (χ1v) is 12.9. The second-order valence-electron chi connectivity index (χ2n) is 7.01.